The van der Waals surface area contributed by atoms with Gasteiger partial charge in [-0.1, -0.05) is 0 Å². The molecule has 0 saturated carbocycles. The third kappa shape index (κ3) is 1.76. The monoisotopic (exact) mass is 228 g/mol. The first-order chi connectivity index (χ1) is 7.40. The van der Waals surface area contributed by atoms with Crippen molar-refractivity contribution in [2.75, 3.05) is 17.2 Å². The number of carboxylic acid groups (broad SMARTS) is 1. The van der Waals surface area contributed by atoms with Crippen molar-refractivity contribution >= 4 is 17.6 Å². The molecule has 1 amide bonds. The molecule has 0 radical (unpaired) electrons. The highest BCUT2D eigenvalue weighted by atomic mass is 16.4. The molecule has 0 unspecified atom stereocenters. The van der Waals surface area contributed by atoms with E-state index in [-0.39, 0.29) is 18.1 Å². The van der Waals surface area contributed by atoms with E-state index in [9.17, 15) is 14.4 Å². The van der Waals surface area contributed by atoms with Gasteiger partial charge in [0.15, 0.2) is 5.69 Å². The molecule has 0 aliphatic rings. The third-order valence-electron chi connectivity index (χ3n) is 2.16. The summed E-state index contributed by atoms with van der Waals surface area (Å²) in [6.45, 7) is 1.61. The molecule has 8 nitrogen and oxygen atoms in total. The van der Waals surface area contributed by atoms with E-state index in [1.165, 1.54) is 7.05 Å². The molecule has 8 heteroatoms. The Morgan fingerprint density at radius 1 is 1.56 bits per heavy atom. The highest BCUT2D eigenvalue weighted by Gasteiger charge is 2.20. The predicted molar refractivity (Wildman–Crippen MR) is 57.8 cm³/mol. The highest BCUT2D eigenvalue weighted by Crippen LogP contribution is 2.14. The minimum absolute atomic E-state index is 0.0564. The van der Waals surface area contributed by atoms with Gasteiger partial charge in [0.05, 0.1) is 0 Å². The van der Waals surface area contributed by atoms with Crippen LogP contribution in [0.2, 0.25) is 0 Å². The van der Waals surface area contributed by atoms with Gasteiger partial charge in [-0.2, -0.15) is 0 Å². The maximum Gasteiger partial charge on any atom is 0.412 e. The molecular formula is C8H12N4O4. The first-order valence-electron chi connectivity index (χ1n) is 4.49. The Morgan fingerprint density at radius 3 is 2.56 bits per heavy atom. The zero-order valence-corrected chi connectivity index (χ0v) is 8.85. The van der Waals surface area contributed by atoms with Gasteiger partial charge in [0.25, 0.3) is 5.56 Å². The van der Waals surface area contributed by atoms with Crippen LogP contribution >= 0.6 is 0 Å². The molecule has 16 heavy (non-hydrogen) atoms. The number of H-pyrrole nitrogens is 1. The lowest BCUT2D eigenvalue weighted by molar-refractivity contribution is 0.202. The van der Waals surface area contributed by atoms with Crippen LogP contribution in [0, 0.1) is 0 Å². The Morgan fingerprint density at radius 2 is 2.12 bits per heavy atom. The summed E-state index contributed by atoms with van der Waals surface area (Å²) in [5.74, 6) is -0.182. The Hall–Kier alpha value is -2.25. The fourth-order valence-electron chi connectivity index (χ4n) is 1.27. The number of anilines is 2. The van der Waals surface area contributed by atoms with E-state index in [2.05, 4.69) is 0 Å². The molecule has 0 saturated heterocycles. The average molecular weight is 228 g/mol. The number of nitrogens with two attached hydrogens (primary N) is 1. The van der Waals surface area contributed by atoms with Crippen molar-refractivity contribution in [2.24, 2.45) is 7.05 Å². The summed E-state index contributed by atoms with van der Waals surface area (Å²) >= 11 is 0. The van der Waals surface area contributed by atoms with Crippen molar-refractivity contribution in [3.63, 3.8) is 0 Å². The van der Waals surface area contributed by atoms with Gasteiger partial charge in [-0.15, -0.1) is 0 Å². The molecule has 0 aromatic carbocycles. The van der Waals surface area contributed by atoms with Gasteiger partial charge in [0, 0.05) is 13.6 Å². The van der Waals surface area contributed by atoms with Gasteiger partial charge in [0.2, 0.25) is 0 Å². The van der Waals surface area contributed by atoms with Gasteiger partial charge in [-0.25, -0.2) is 9.59 Å². The van der Waals surface area contributed by atoms with Crippen LogP contribution in [0.3, 0.4) is 0 Å². The Labute approximate surface area is 89.9 Å². The maximum atomic E-state index is 11.5. The highest BCUT2D eigenvalue weighted by molar-refractivity contribution is 5.89. The van der Waals surface area contributed by atoms with Gasteiger partial charge >= 0.3 is 11.8 Å². The van der Waals surface area contributed by atoms with E-state index >= 15 is 0 Å². The zero-order chi connectivity index (χ0) is 12.5. The van der Waals surface area contributed by atoms with E-state index in [4.69, 9.17) is 10.8 Å². The van der Waals surface area contributed by atoms with Gasteiger partial charge in [-0.3, -0.25) is 19.2 Å². The number of amides is 1. The minimum Gasteiger partial charge on any atom is -0.465 e. The topological polar surface area (TPSA) is 121 Å². The lowest BCUT2D eigenvalue weighted by Gasteiger charge is -2.18. The normalized spacial score (nSPS) is 10.1. The second kappa shape index (κ2) is 4.09. The molecule has 1 rings (SSSR count). The van der Waals surface area contributed by atoms with Crippen molar-refractivity contribution in [3.8, 4) is 0 Å². The molecule has 0 fully saturated rings. The number of nitrogens with zero attached hydrogens (tertiary/aromatic N) is 2. The first kappa shape index (κ1) is 11.8. The summed E-state index contributed by atoms with van der Waals surface area (Å²) < 4.78 is 0.975. The van der Waals surface area contributed by atoms with Crippen LogP contribution < -0.4 is 21.9 Å². The quantitative estimate of drug-likeness (QED) is 0.609. The van der Waals surface area contributed by atoms with Crippen LogP contribution in [-0.2, 0) is 7.05 Å². The number of hydrogen-bond acceptors (Lipinski definition) is 4. The maximum absolute atomic E-state index is 11.5. The average Bonchev–Trinajstić information content (AvgIpc) is 2.20. The second-order valence-corrected chi connectivity index (χ2v) is 3.08. The molecule has 0 atom stereocenters. The standard InChI is InChI=1S/C8H12N4O4/c1-3-12(8(15)16)4-5(9)11(2)7(14)10-6(4)13/h3,9H2,1-2H3,(H,15,16)(H,10,13,14). The molecule has 4 N–H and O–H groups in total. The number of aromatic nitrogens is 2. The molecule has 0 aliphatic carbocycles. The first-order valence-corrected chi connectivity index (χ1v) is 4.49. The number of rotatable bonds is 2. The van der Waals surface area contributed by atoms with E-state index in [1.807, 2.05) is 4.98 Å². The Kier molecular flexibility index (Phi) is 3.02. The van der Waals surface area contributed by atoms with E-state index in [0.717, 1.165) is 9.47 Å². The smallest absolute Gasteiger partial charge is 0.412 e. The number of hydrogen-bond donors (Lipinski definition) is 3. The fraction of sp³-hybridized carbons (Fsp3) is 0.375. The number of aromatic amines is 1. The van der Waals surface area contributed by atoms with Crippen LogP contribution in [0.5, 0.6) is 0 Å². The SMILES string of the molecule is CCN(C(=O)O)c1c(N)n(C)c(=O)[nH]c1=O. The van der Waals surface area contributed by atoms with E-state index in [0.29, 0.717) is 0 Å². The van der Waals surface area contributed by atoms with Crippen molar-refractivity contribution in [2.45, 2.75) is 6.92 Å². The van der Waals surface area contributed by atoms with Crippen molar-refractivity contribution in [1.82, 2.24) is 9.55 Å². The minimum atomic E-state index is -1.31. The molecule has 1 heterocycles. The van der Waals surface area contributed by atoms with Crippen LogP contribution in [0.25, 0.3) is 0 Å². The molecule has 1 aromatic heterocycles. The Balaban J connectivity index is 3.56. The van der Waals surface area contributed by atoms with Crippen LogP contribution in [0.15, 0.2) is 9.59 Å². The summed E-state index contributed by atoms with van der Waals surface area (Å²) in [5, 5.41) is 8.87. The van der Waals surface area contributed by atoms with Gasteiger partial charge in [-0.05, 0) is 6.92 Å². The lowest BCUT2D eigenvalue weighted by atomic mass is 10.4. The van der Waals surface area contributed by atoms with E-state index < -0.39 is 17.3 Å². The number of carbonyl (C=O) groups is 1. The summed E-state index contributed by atoms with van der Waals surface area (Å²) in [6.07, 6.45) is -1.31. The second-order valence-electron chi connectivity index (χ2n) is 3.08. The van der Waals surface area contributed by atoms with Crippen molar-refractivity contribution in [3.05, 3.63) is 20.8 Å². The molecular weight excluding hydrogens is 216 g/mol. The predicted octanol–water partition coefficient (Wildman–Crippen LogP) is -0.840. The van der Waals surface area contributed by atoms with E-state index in [1.54, 1.807) is 6.92 Å². The molecule has 0 bridgehead atoms. The molecule has 88 valence electrons. The van der Waals surface area contributed by atoms with Crippen molar-refractivity contribution in [1.29, 1.82) is 0 Å². The van der Waals surface area contributed by atoms with Gasteiger partial charge < -0.3 is 10.8 Å². The zero-order valence-electron chi connectivity index (χ0n) is 8.85. The summed E-state index contributed by atoms with van der Waals surface area (Å²) in [7, 11) is 1.34. The summed E-state index contributed by atoms with van der Waals surface area (Å²) in [5.41, 5.74) is 3.80. The van der Waals surface area contributed by atoms with Crippen LogP contribution in [0.4, 0.5) is 16.3 Å². The van der Waals surface area contributed by atoms with Crippen LogP contribution in [-0.4, -0.2) is 27.3 Å². The van der Waals surface area contributed by atoms with Gasteiger partial charge in [0.1, 0.15) is 5.82 Å². The summed E-state index contributed by atoms with van der Waals surface area (Å²) in [4.78, 5) is 36.2. The molecule has 0 spiro atoms. The molecule has 1 aromatic rings. The number of nitrogens with one attached hydrogen (secondary N) is 1. The lowest BCUT2D eigenvalue weighted by Crippen LogP contribution is -2.39. The Bertz CT molecular complexity index is 530. The fourth-order valence-corrected chi connectivity index (χ4v) is 1.27. The third-order valence-corrected chi connectivity index (χ3v) is 2.16. The summed E-state index contributed by atoms with van der Waals surface area (Å²) in [6, 6.07) is 0. The van der Waals surface area contributed by atoms with Crippen LogP contribution in [0.1, 0.15) is 6.92 Å². The molecule has 0 aliphatic heterocycles. The largest absolute Gasteiger partial charge is 0.465 e. The van der Waals surface area contributed by atoms with Crippen molar-refractivity contribution < 1.29 is 9.90 Å². The number of nitrogen functional groups attached to an aromatic ring is 1.